The van der Waals surface area contributed by atoms with Crippen LogP contribution in [0.15, 0.2) is 12.2 Å². The van der Waals surface area contributed by atoms with E-state index in [4.69, 9.17) is 28.4 Å². The normalized spacial score (nSPS) is 27.9. The Morgan fingerprint density at radius 2 is 0.983 bits per heavy atom. The van der Waals surface area contributed by atoms with Gasteiger partial charge in [0.15, 0.2) is 18.7 Å². The molecule has 11 atom stereocenters. The van der Waals surface area contributed by atoms with Gasteiger partial charge in [-0.3, -0.25) is 9.59 Å². The van der Waals surface area contributed by atoms with Crippen molar-refractivity contribution in [2.75, 3.05) is 26.4 Å². The smallest absolute Gasteiger partial charge is 0.306 e. The molecule has 0 aromatic carbocycles. The van der Waals surface area contributed by atoms with E-state index in [0.29, 0.717) is 12.8 Å². The molecule has 2 fully saturated rings. The number of hydrogen-bond donors (Lipinski definition) is 7. The first-order chi connectivity index (χ1) is 28.5. The Morgan fingerprint density at radius 1 is 0.525 bits per heavy atom. The fourth-order valence-corrected chi connectivity index (χ4v) is 7.14. The number of rotatable bonds is 34. The molecule has 2 heterocycles. The Hall–Kier alpha value is -1.76. The van der Waals surface area contributed by atoms with Crippen molar-refractivity contribution in [3.05, 3.63) is 12.2 Å². The van der Waals surface area contributed by atoms with Crippen LogP contribution in [0.3, 0.4) is 0 Å². The van der Waals surface area contributed by atoms with Crippen LogP contribution in [0, 0.1) is 0 Å². The van der Waals surface area contributed by atoms with Crippen LogP contribution in [0.4, 0.5) is 0 Å². The predicted molar refractivity (Wildman–Crippen MR) is 220 cm³/mol. The lowest BCUT2D eigenvalue weighted by Crippen LogP contribution is -2.61. The molecular weight excluding hydrogens is 768 g/mol. The molecule has 0 spiro atoms. The second kappa shape index (κ2) is 32.9. The molecular formula is C44H80O15. The predicted octanol–water partition coefficient (Wildman–Crippen LogP) is 4.65. The maximum atomic E-state index is 12.9. The van der Waals surface area contributed by atoms with Crippen molar-refractivity contribution in [1.29, 1.82) is 0 Å². The van der Waals surface area contributed by atoms with Crippen molar-refractivity contribution in [2.45, 2.75) is 229 Å². The number of allylic oxidation sites excluding steroid dienone is 2. The highest BCUT2D eigenvalue weighted by atomic mass is 16.7. The van der Waals surface area contributed by atoms with Gasteiger partial charge in [-0.15, -0.1) is 0 Å². The molecule has 2 rings (SSSR count). The lowest BCUT2D eigenvalue weighted by Gasteiger charge is -2.42. The Kier molecular flexibility index (Phi) is 29.8. The quantitative estimate of drug-likeness (QED) is 0.0266. The van der Waals surface area contributed by atoms with E-state index in [-0.39, 0.29) is 26.1 Å². The molecule has 2 saturated heterocycles. The van der Waals surface area contributed by atoms with E-state index < -0.39 is 92.7 Å². The van der Waals surface area contributed by atoms with E-state index in [1.54, 1.807) is 0 Å². The highest BCUT2D eigenvalue weighted by Gasteiger charge is 2.47. The highest BCUT2D eigenvalue weighted by molar-refractivity contribution is 5.70. The summed E-state index contributed by atoms with van der Waals surface area (Å²) in [4.78, 5) is 25.6. The van der Waals surface area contributed by atoms with E-state index in [1.165, 1.54) is 64.2 Å². The van der Waals surface area contributed by atoms with Gasteiger partial charge in [-0.2, -0.15) is 0 Å². The summed E-state index contributed by atoms with van der Waals surface area (Å²) in [5.41, 5.74) is 0. The Balaban J connectivity index is 1.86. The molecule has 15 nitrogen and oxygen atoms in total. The molecule has 59 heavy (non-hydrogen) atoms. The summed E-state index contributed by atoms with van der Waals surface area (Å²) in [6.07, 6.45) is 11.2. The molecule has 0 amide bonds. The number of aliphatic hydroxyl groups excluding tert-OH is 7. The van der Waals surface area contributed by atoms with Crippen molar-refractivity contribution in [1.82, 2.24) is 0 Å². The fourth-order valence-electron chi connectivity index (χ4n) is 7.14. The Bertz CT molecular complexity index is 1090. The summed E-state index contributed by atoms with van der Waals surface area (Å²) >= 11 is 0. The van der Waals surface area contributed by atoms with Crippen molar-refractivity contribution in [3.63, 3.8) is 0 Å². The van der Waals surface area contributed by atoms with Gasteiger partial charge in [-0.25, -0.2) is 0 Å². The molecule has 15 heteroatoms. The molecule has 0 aromatic rings. The van der Waals surface area contributed by atoms with Gasteiger partial charge in [0.05, 0.1) is 19.8 Å². The van der Waals surface area contributed by atoms with Crippen LogP contribution in [0.25, 0.3) is 0 Å². The van der Waals surface area contributed by atoms with Gasteiger partial charge in [0.2, 0.25) is 0 Å². The maximum Gasteiger partial charge on any atom is 0.306 e. The zero-order valence-electron chi connectivity index (χ0n) is 36.0. The first-order valence-corrected chi connectivity index (χ1v) is 22.8. The van der Waals surface area contributed by atoms with Crippen LogP contribution in [0.5, 0.6) is 0 Å². The average molecular weight is 849 g/mol. The number of ether oxygens (including phenoxy) is 6. The molecule has 4 unspecified atom stereocenters. The molecule has 0 bridgehead atoms. The zero-order chi connectivity index (χ0) is 43.3. The van der Waals surface area contributed by atoms with Gasteiger partial charge in [0.25, 0.3) is 0 Å². The van der Waals surface area contributed by atoms with E-state index >= 15 is 0 Å². The summed E-state index contributed by atoms with van der Waals surface area (Å²) in [5, 5.41) is 71.8. The van der Waals surface area contributed by atoms with Crippen LogP contribution < -0.4 is 0 Å². The fraction of sp³-hybridized carbons (Fsp3) is 0.909. The van der Waals surface area contributed by atoms with Crippen molar-refractivity contribution in [3.8, 4) is 0 Å². The van der Waals surface area contributed by atoms with E-state index in [0.717, 1.165) is 57.8 Å². The summed E-state index contributed by atoms with van der Waals surface area (Å²) in [7, 11) is 0. The van der Waals surface area contributed by atoms with Crippen LogP contribution in [0.1, 0.15) is 162 Å². The topological polar surface area (TPSA) is 231 Å². The third-order valence-electron chi connectivity index (χ3n) is 11.0. The monoisotopic (exact) mass is 849 g/mol. The number of carbonyl (C=O) groups excluding carboxylic acids is 2. The van der Waals surface area contributed by atoms with Crippen molar-refractivity contribution in [2.24, 2.45) is 0 Å². The molecule has 0 aliphatic carbocycles. The van der Waals surface area contributed by atoms with Gasteiger partial charge in [-0.1, -0.05) is 129 Å². The van der Waals surface area contributed by atoms with Gasteiger partial charge >= 0.3 is 11.9 Å². The van der Waals surface area contributed by atoms with Gasteiger partial charge in [0, 0.05) is 12.8 Å². The number of aliphatic hydroxyl groups is 7. The molecule has 0 radical (unpaired) electrons. The average Bonchev–Trinajstić information content (AvgIpc) is 3.23. The molecule has 0 aromatic heterocycles. The number of esters is 2. The Morgan fingerprint density at radius 3 is 1.54 bits per heavy atom. The zero-order valence-corrected chi connectivity index (χ0v) is 36.0. The first kappa shape index (κ1) is 53.4. The summed E-state index contributed by atoms with van der Waals surface area (Å²) in [6, 6.07) is 0. The van der Waals surface area contributed by atoms with Gasteiger partial charge in [-0.05, 0) is 32.1 Å². The second-order valence-corrected chi connectivity index (χ2v) is 16.2. The SMILES string of the molecule is CCCC/C=C/CCCCCCCC(=O)O[C@H](COC(=O)CCCCCCCCCCCCCC)CO[C@@H]1O[C@H](CO[C@@H]2O[C@H](CO)[C@H](O)C(O)C2O)[C@H](O)C(O)C1O. The third-order valence-corrected chi connectivity index (χ3v) is 11.0. The molecule has 2 aliphatic heterocycles. The van der Waals surface area contributed by atoms with Crippen LogP contribution in [-0.4, -0.2) is 142 Å². The van der Waals surface area contributed by atoms with Crippen LogP contribution in [-0.2, 0) is 38.0 Å². The van der Waals surface area contributed by atoms with E-state index in [2.05, 4.69) is 26.0 Å². The molecule has 0 saturated carbocycles. The van der Waals surface area contributed by atoms with Crippen LogP contribution >= 0.6 is 0 Å². The lowest BCUT2D eigenvalue weighted by atomic mass is 9.98. The minimum atomic E-state index is -1.76. The summed E-state index contributed by atoms with van der Waals surface area (Å²) < 4.78 is 33.4. The lowest BCUT2D eigenvalue weighted by molar-refractivity contribution is -0.332. The van der Waals surface area contributed by atoms with Gasteiger partial charge in [0.1, 0.15) is 55.4 Å². The highest BCUT2D eigenvalue weighted by Crippen LogP contribution is 2.26. The van der Waals surface area contributed by atoms with Crippen LogP contribution in [0.2, 0.25) is 0 Å². The Labute approximate surface area is 352 Å². The summed E-state index contributed by atoms with van der Waals surface area (Å²) in [5.74, 6) is -0.933. The largest absolute Gasteiger partial charge is 0.462 e. The van der Waals surface area contributed by atoms with Crippen molar-refractivity contribution >= 4 is 11.9 Å². The standard InChI is InChI=1S/C44H80O15/c1-3-5-7-9-11-13-15-17-18-20-22-24-26-35(46)54-29-32(57-36(47)27-25-23-21-19-16-14-12-10-8-6-4-2)30-55-43-42(53)40(51)38(49)34(59-43)31-56-44-41(52)39(50)37(48)33(28-45)58-44/h10,12,32-34,37-45,48-53H,3-9,11,13-31H2,1-2H3/b12-10+/t32-,33-,34-,37+,38+,39?,40?,41?,42?,43-,44-/m1/s1. The maximum absolute atomic E-state index is 12.9. The molecule has 346 valence electrons. The number of unbranched alkanes of at least 4 members (excludes halogenated alkanes) is 18. The van der Waals surface area contributed by atoms with Gasteiger partial charge < -0.3 is 64.2 Å². The molecule has 7 N–H and O–H groups in total. The minimum Gasteiger partial charge on any atom is -0.462 e. The summed E-state index contributed by atoms with van der Waals surface area (Å²) in [6.45, 7) is 2.52. The first-order valence-electron chi connectivity index (χ1n) is 22.8. The van der Waals surface area contributed by atoms with E-state index in [1.807, 2.05) is 0 Å². The second-order valence-electron chi connectivity index (χ2n) is 16.2. The van der Waals surface area contributed by atoms with E-state index in [9.17, 15) is 45.3 Å². The third kappa shape index (κ3) is 22.2. The number of carbonyl (C=O) groups is 2. The minimum absolute atomic E-state index is 0.158. The number of hydrogen-bond acceptors (Lipinski definition) is 15. The van der Waals surface area contributed by atoms with Crippen molar-refractivity contribution < 1.29 is 73.8 Å². The molecule has 2 aliphatic rings.